The highest BCUT2D eigenvalue weighted by Gasteiger charge is 2.14. The van der Waals surface area contributed by atoms with Gasteiger partial charge in [-0.15, -0.1) is 0 Å². The summed E-state index contributed by atoms with van der Waals surface area (Å²) in [4.78, 5) is 16.3. The molecule has 4 aromatic rings. The van der Waals surface area contributed by atoms with E-state index in [1.165, 1.54) is 6.07 Å². The first kappa shape index (κ1) is 14.2. The van der Waals surface area contributed by atoms with E-state index in [0.717, 1.165) is 5.69 Å². The molecule has 4 rings (SSSR count). The Balaban J connectivity index is 1.89. The van der Waals surface area contributed by atoms with E-state index < -0.39 is 11.4 Å². The van der Waals surface area contributed by atoms with E-state index in [4.69, 9.17) is 0 Å². The van der Waals surface area contributed by atoms with Gasteiger partial charge in [-0.1, -0.05) is 24.3 Å². The maximum Gasteiger partial charge on any atom is 0.275 e. The van der Waals surface area contributed by atoms with Crippen LogP contribution in [-0.4, -0.2) is 14.8 Å². The standard InChI is InChI=1S/C18H13FN4O/c19-14-10-12(21-16-8-4-5-9-20-16)11-15-17(14)18(24)22-23(15)13-6-2-1-3-7-13/h1-11H,(H,20,21)(H,22,24). The van der Waals surface area contributed by atoms with Crippen molar-refractivity contribution in [3.8, 4) is 5.69 Å². The van der Waals surface area contributed by atoms with Crippen molar-refractivity contribution in [2.75, 3.05) is 5.32 Å². The van der Waals surface area contributed by atoms with Gasteiger partial charge < -0.3 is 5.32 Å². The molecule has 0 saturated carbocycles. The van der Waals surface area contributed by atoms with Crippen molar-refractivity contribution in [1.29, 1.82) is 0 Å². The second-order valence-electron chi connectivity index (χ2n) is 5.30. The predicted molar refractivity (Wildman–Crippen MR) is 91.4 cm³/mol. The molecule has 24 heavy (non-hydrogen) atoms. The SMILES string of the molecule is O=c1[nH]n(-c2ccccc2)c2cc(Nc3ccccn3)cc(F)c12. The highest BCUT2D eigenvalue weighted by Crippen LogP contribution is 2.24. The summed E-state index contributed by atoms with van der Waals surface area (Å²) in [6, 6.07) is 17.7. The van der Waals surface area contributed by atoms with Crippen LogP contribution in [0.25, 0.3) is 16.6 Å². The maximum absolute atomic E-state index is 14.4. The summed E-state index contributed by atoms with van der Waals surface area (Å²) in [6.07, 6.45) is 1.65. The molecule has 2 heterocycles. The first-order chi connectivity index (χ1) is 11.7. The predicted octanol–water partition coefficient (Wildman–Crippen LogP) is 3.60. The Morgan fingerprint density at radius 2 is 1.83 bits per heavy atom. The number of aromatic nitrogens is 3. The highest BCUT2D eigenvalue weighted by molar-refractivity contribution is 5.85. The Kier molecular flexibility index (Phi) is 3.35. The van der Waals surface area contributed by atoms with E-state index in [1.54, 1.807) is 29.1 Å². The molecule has 2 N–H and O–H groups in total. The number of benzene rings is 2. The van der Waals surface area contributed by atoms with Crippen LogP contribution >= 0.6 is 0 Å². The molecular weight excluding hydrogens is 307 g/mol. The van der Waals surface area contributed by atoms with Gasteiger partial charge in [0.05, 0.1) is 11.2 Å². The molecule has 0 radical (unpaired) electrons. The average Bonchev–Trinajstić information content (AvgIpc) is 2.94. The van der Waals surface area contributed by atoms with Gasteiger partial charge in [-0.05, 0) is 36.4 Å². The van der Waals surface area contributed by atoms with Crippen molar-refractivity contribution in [2.45, 2.75) is 0 Å². The van der Waals surface area contributed by atoms with Crippen molar-refractivity contribution in [1.82, 2.24) is 14.8 Å². The summed E-state index contributed by atoms with van der Waals surface area (Å²) in [6.45, 7) is 0. The van der Waals surface area contributed by atoms with E-state index in [9.17, 15) is 9.18 Å². The normalized spacial score (nSPS) is 10.9. The molecule has 0 saturated heterocycles. The summed E-state index contributed by atoms with van der Waals surface area (Å²) < 4.78 is 16.0. The van der Waals surface area contributed by atoms with Crippen LogP contribution in [0.3, 0.4) is 0 Å². The van der Waals surface area contributed by atoms with Crippen molar-refractivity contribution in [2.24, 2.45) is 0 Å². The fourth-order valence-electron chi connectivity index (χ4n) is 2.65. The van der Waals surface area contributed by atoms with Crippen LogP contribution in [0, 0.1) is 5.82 Å². The minimum atomic E-state index is -0.582. The average molecular weight is 320 g/mol. The van der Waals surface area contributed by atoms with E-state index in [0.29, 0.717) is 17.0 Å². The van der Waals surface area contributed by atoms with Crippen LogP contribution in [0.1, 0.15) is 0 Å². The Labute approximate surface area is 136 Å². The second kappa shape index (κ2) is 5.66. The molecule has 2 aromatic carbocycles. The van der Waals surface area contributed by atoms with E-state index >= 15 is 0 Å². The lowest BCUT2D eigenvalue weighted by molar-refractivity contribution is 0.640. The van der Waals surface area contributed by atoms with Crippen LogP contribution in [0.5, 0.6) is 0 Å². The van der Waals surface area contributed by atoms with Gasteiger partial charge in [0, 0.05) is 11.9 Å². The number of H-pyrrole nitrogens is 1. The Morgan fingerprint density at radius 1 is 1.04 bits per heavy atom. The summed E-state index contributed by atoms with van der Waals surface area (Å²) in [5.74, 6) is 0.0160. The Bertz CT molecular complexity index is 1060. The first-order valence-corrected chi connectivity index (χ1v) is 7.40. The fraction of sp³-hybridized carbons (Fsp3) is 0. The summed E-state index contributed by atoms with van der Waals surface area (Å²) in [5.41, 5.74) is 1.27. The molecular formula is C18H13FN4O. The van der Waals surface area contributed by atoms with Crippen LogP contribution in [0.15, 0.2) is 71.7 Å². The number of aromatic amines is 1. The molecule has 0 aliphatic heterocycles. The smallest absolute Gasteiger partial charge is 0.275 e. The lowest BCUT2D eigenvalue weighted by Gasteiger charge is -2.08. The first-order valence-electron chi connectivity index (χ1n) is 7.40. The van der Waals surface area contributed by atoms with Gasteiger partial charge in [-0.3, -0.25) is 14.6 Å². The number of nitrogens with one attached hydrogen (secondary N) is 2. The number of pyridine rings is 1. The van der Waals surface area contributed by atoms with Gasteiger partial charge in [-0.25, -0.2) is 9.37 Å². The lowest BCUT2D eigenvalue weighted by atomic mass is 10.2. The fourth-order valence-corrected chi connectivity index (χ4v) is 2.65. The van der Waals surface area contributed by atoms with Gasteiger partial charge in [0.2, 0.25) is 0 Å². The minimum absolute atomic E-state index is 0.0328. The van der Waals surface area contributed by atoms with Gasteiger partial charge in [-0.2, -0.15) is 0 Å². The molecule has 0 bridgehead atoms. The minimum Gasteiger partial charge on any atom is -0.340 e. The topological polar surface area (TPSA) is 62.7 Å². The summed E-state index contributed by atoms with van der Waals surface area (Å²) in [7, 11) is 0. The van der Waals surface area contributed by atoms with Crippen LogP contribution in [0.2, 0.25) is 0 Å². The van der Waals surface area contributed by atoms with Crippen LogP contribution in [-0.2, 0) is 0 Å². The van der Waals surface area contributed by atoms with Crippen molar-refractivity contribution < 1.29 is 4.39 Å². The number of para-hydroxylation sites is 1. The van der Waals surface area contributed by atoms with Crippen molar-refractivity contribution in [3.63, 3.8) is 0 Å². The maximum atomic E-state index is 14.4. The van der Waals surface area contributed by atoms with Gasteiger partial charge in [0.25, 0.3) is 5.56 Å². The molecule has 0 unspecified atom stereocenters. The lowest BCUT2D eigenvalue weighted by Crippen LogP contribution is -2.04. The number of hydrogen-bond donors (Lipinski definition) is 2. The largest absolute Gasteiger partial charge is 0.340 e. The number of nitrogens with zero attached hydrogens (tertiary/aromatic N) is 2. The molecule has 0 spiro atoms. The number of hydrogen-bond acceptors (Lipinski definition) is 3. The third-order valence-corrected chi connectivity index (χ3v) is 3.70. The van der Waals surface area contributed by atoms with E-state index in [1.807, 2.05) is 36.4 Å². The molecule has 118 valence electrons. The molecule has 0 aliphatic rings. The van der Waals surface area contributed by atoms with Gasteiger partial charge in [0.15, 0.2) is 0 Å². The van der Waals surface area contributed by atoms with E-state index in [-0.39, 0.29) is 5.39 Å². The highest BCUT2D eigenvalue weighted by atomic mass is 19.1. The Morgan fingerprint density at radius 3 is 2.58 bits per heavy atom. The zero-order valence-electron chi connectivity index (χ0n) is 12.5. The molecule has 0 atom stereocenters. The summed E-state index contributed by atoms with van der Waals surface area (Å²) >= 11 is 0. The number of rotatable bonds is 3. The molecule has 0 fully saturated rings. The monoisotopic (exact) mass is 320 g/mol. The molecule has 5 nitrogen and oxygen atoms in total. The van der Waals surface area contributed by atoms with Gasteiger partial charge >= 0.3 is 0 Å². The number of anilines is 2. The van der Waals surface area contributed by atoms with Crippen molar-refractivity contribution in [3.05, 3.63) is 83.0 Å². The zero-order chi connectivity index (χ0) is 16.5. The number of halogens is 1. The van der Waals surface area contributed by atoms with E-state index in [2.05, 4.69) is 15.4 Å². The molecule has 2 aromatic heterocycles. The molecule has 0 amide bonds. The van der Waals surface area contributed by atoms with Gasteiger partial charge in [0.1, 0.15) is 17.0 Å². The summed E-state index contributed by atoms with van der Waals surface area (Å²) in [5, 5.41) is 5.76. The molecule has 0 aliphatic carbocycles. The zero-order valence-corrected chi connectivity index (χ0v) is 12.5. The second-order valence-corrected chi connectivity index (χ2v) is 5.30. The van der Waals surface area contributed by atoms with Crippen LogP contribution < -0.4 is 10.9 Å². The third kappa shape index (κ3) is 2.44. The quantitative estimate of drug-likeness (QED) is 0.606. The van der Waals surface area contributed by atoms with Crippen molar-refractivity contribution >= 4 is 22.4 Å². The number of fused-ring (bicyclic) bond motifs is 1. The van der Waals surface area contributed by atoms with Crippen LogP contribution in [0.4, 0.5) is 15.9 Å². The molecule has 6 heteroatoms. The Hall–Kier alpha value is -3.41. The third-order valence-electron chi connectivity index (χ3n) is 3.70.